The van der Waals surface area contributed by atoms with Gasteiger partial charge in [0.1, 0.15) is 0 Å². The van der Waals surface area contributed by atoms with Crippen LogP contribution in [0.5, 0.6) is 0 Å². The summed E-state index contributed by atoms with van der Waals surface area (Å²) in [5.41, 5.74) is 3.26. The van der Waals surface area contributed by atoms with E-state index in [2.05, 4.69) is 10.4 Å². The van der Waals surface area contributed by atoms with Crippen molar-refractivity contribution in [2.45, 2.75) is 32.2 Å². The first-order valence-corrected chi connectivity index (χ1v) is 8.63. The maximum Gasteiger partial charge on any atom is 0.272 e. The molecule has 0 saturated carbocycles. The number of methoxy groups -OCH3 is 1. The molecule has 1 aliphatic rings. The molecule has 0 spiro atoms. The van der Waals surface area contributed by atoms with Crippen molar-refractivity contribution in [1.29, 1.82) is 0 Å². The molecular formula is C17H19Cl2N3O2. The van der Waals surface area contributed by atoms with E-state index in [9.17, 15) is 4.79 Å². The number of hydrogen-bond acceptors (Lipinski definition) is 3. The summed E-state index contributed by atoms with van der Waals surface area (Å²) in [5, 5.41) is 8.55. The summed E-state index contributed by atoms with van der Waals surface area (Å²) in [6, 6.07) is 5.20. The van der Waals surface area contributed by atoms with E-state index in [0.29, 0.717) is 22.3 Å². The number of ether oxygens (including phenoxy) is 1. The van der Waals surface area contributed by atoms with E-state index in [1.807, 2.05) is 13.0 Å². The largest absolute Gasteiger partial charge is 0.383 e. The lowest BCUT2D eigenvalue weighted by molar-refractivity contribution is 0.0899. The van der Waals surface area contributed by atoms with E-state index in [1.54, 1.807) is 23.9 Å². The van der Waals surface area contributed by atoms with Gasteiger partial charge in [-0.15, -0.1) is 0 Å². The molecule has 0 fully saturated rings. The van der Waals surface area contributed by atoms with Crippen molar-refractivity contribution in [3.63, 3.8) is 0 Å². The molecule has 1 heterocycles. The molecule has 1 aromatic carbocycles. The van der Waals surface area contributed by atoms with E-state index < -0.39 is 0 Å². The van der Waals surface area contributed by atoms with Crippen molar-refractivity contribution >= 4 is 29.1 Å². The van der Waals surface area contributed by atoms with E-state index in [0.717, 1.165) is 36.2 Å². The third kappa shape index (κ3) is 3.29. The maximum absolute atomic E-state index is 12.6. The number of aromatic nitrogens is 2. The summed E-state index contributed by atoms with van der Waals surface area (Å²) in [6.45, 7) is 2.35. The zero-order valence-corrected chi connectivity index (χ0v) is 15.1. The van der Waals surface area contributed by atoms with Gasteiger partial charge in [-0.2, -0.15) is 5.10 Å². The number of nitrogens with zero attached hydrogens (tertiary/aromatic N) is 2. The minimum atomic E-state index is -0.179. The number of rotatable bonds is 5. The molecule has 24 heavy (non-hydrogen) atoms. The van der Waals surface area contributed by atoms with Crippen LogP contribution in [-0.4, -0.2) is 35.4 Å². The van der Waals surface area contributed by atoms with Gasteiger partial charge in [-0.3, -0.25) is 4.79 Å². The molecule has 0 aliphatic heterocycles. The topological polar surface area (TPSA) is 56.1 Å². The highest BCUT2D eigenvalue weighted by Gasteiger charge is 2.28. The third-order valence-corrected chi connectivity index (χ3v) is 4.62. The van der Waals surface area contributed by atoms with Gasteiger partial charge in [-0.25, -0.2) is 4.68 Å². The Morgan fingerprint density at radius 1 is 1.42 bits per heavy atom. The van der Waals surface area contributed by atoms with Gasteiger partial charge in [0.25, 0.3) is 5.91 Å². The second-order valence-corrected chi connectivity index (χ2v) is 6.81. The van der Waals surface area contributed by atoms with Gasteiger partial charge in [0.2, 0.25) is 0 Å². The zero-order chi connectivity index (χ0) is 17.3. The molecule has 2 aromatic rings. The Morgan fingerprint density at radius 3 is 2.92 bits per heavy atom. The van der Waals surface area contributed by atoms with Crippen molar-refractivity contribution in [1.82, 2.24) is 15.1 Å². The summed E-state index contributed by atoms with van der Waals surface area (Å²) < 4.78 is 6.84. The molecule has 1 aliphatic carbocycles. The van der Waals surface area contributed by atoms with Crippen molar-refractivity contribution in [2.75, 3.05) is 13.7 Å². The number of fused-ring (bicyclic) bond motifs is 1. The molecule has 0 saturated heterocycles. The summed E-state index contributed by atoms with van der Waals surface area (Å²) in [5.74, 6) is -0.179. The number of halogens is 2. The normalized spacial score (nSPS) is 14.5. The fourth-order valence-electron chi connectivity index (χ4n) is 3.06. The van der Waals surface area contributed by atoms with E-state index in [-0.39, 0.29) is 11.9 Å². The molecule has 1 unspecified atom stereocenters. The standard InChI is InChI=1S/C17H19Cl2N3O2/c1-10(9-24-2)20-17(23)16-12-4-3-5-14(12)22(21-16)15-7-6-11(18)8-13(15)19/h6-8,10H,3-5,9H2,1-2H3,(H,20,23). The molecule has 1 atom stereocenters. The molecule has 0 radical (unpaired) electrons. The SMILES string of the molecule is COCC(C)NC(=O)c1nn(-c2ccc(Cl)cc2Cl)c2c1CCC2. The van der Waals surface area contributed by atoms with Gasteiger partial charge in [0.15, 0.2) is 5.69 Å². The number of amides is 1. The molecule has 1 aromatic heterocycles. The molecule has 3 rings (SSSR count). The predicted octanol–water partition coefficient (Wildman–Crippen LogP) is 3.43. The highest BCUT2D eigenvalue weighted by atomic mass is 35.5. The average molecular weight is 368 g/mol. The quantitative estimate of drug-likeness (QED) is 0.880. The highest BCUT2D eigenvalue weighted by Crippen LogP contribution is 2.31. The van der Waals surface area contributed by atoms with Gasteiger partial charge in [-0.1, -0.05) is 23.2 Å². The highest BCUT2D eigenvalue weighted by molar-refractivity contribution is 6.35. The lowest BCUT2D eigenvalue weighted by Crippen LogP contribution is -2.36. The van der Waals surface area contributed by atoms with Gasteiger partial charge in [0, 0.05) is 29.4 Å². The van der Waals surface area contributed by atoms with Crippen LogP contribution >= 0.6 is 23.2 Å². The van der Waals surface area contributed by atoms with Gasteiger partial charge < -0.3 is 10.1 Å². The first kappa shape index (κ1) is 17.3. The van der Waals surface area contributed by atoms with Crippen molar-refractivity contribution in [2.24, 2.45) is 0 Å². The Hall–Kier alpha value is -1.56. The summed E-state index contributed by atoms with van der Waals surface area (Å²) in [7, 11) is 1.61. The minimum absolute atomic E-state index is 0.0798. The lowest BCUT2D eigenvalue weighted by Gasteiger charge is -2.12. The fourth-order valence-corrected chi connectivity index (χ4v) is 3.54. The van der Waals surface area contributed by atoms with Crippen LogP contribution in [0.2, 0.25) is 10.0 Å². The van der Waals surface area contributed by atoms with Gasteiger partial charge >= 0.3 is 0 Å². The molecule has 0 bridgehead atoms. The van der Waals surface area contributed by atoms with E-state index >= 15 is 0 Å². The zero-order valence-electron chi connectivity index (χ0n) is 13.6. The molecule has 128 valence electrons. The van der Waals surface area contributed by atoms with E-state index in [1.165, 1.54) is 0 Å². The van der Waals surface area contributed by atoms with Crippen LogP contribution in [-0.2, 0) is 17.6 Å². The maximum atomic E-state index is 12.6. The van der Waals surface area contributed by atoms with Crippen molar-refractivity contribution in [3.8, 4) is 5.69 Å². The summed E-state index contributed by atoms with van der Waals surface area (Å²) in [4.78, 5) is 12.6. The minimum Gasteiger partial charge on any atom is -0.383 e. The summed E-state index contributed by atoms with van der Waals surface area (Å²) >= 11 is 12.3. The average Bonchev–Trinajstić information content (AvgIpc) is 3.10. The number of hydrogen-bond donors (Lipinski definition) is 1. The first-order chi connectivity index (χ1) is 11.5. The third-order valence-electron chi connectivity index (χ3n) is 4.08. The van der Waals surface area contributed by atoms with Crippen molar-refractivity contribution in [3.05, 3.63) is 45.2 Å². The van der Waals surface area contributed by atoms with Crippen LogP contribution in [0, 0.1) is 0 Å². The molecule has 5 nitrogen and oxygen atoms in total. The second-order valence-electron chi connectivity index (χ2n) is 5.96. The Balaban J connectivity index is 1.97. The van der Waals surface area contributed by atoms with Gasteiger partial charge in [0.05, 0.1) is 17.3 Å². The summed E-state index contributed by atoms with van der Waals surface area (Å²) in [6.07, 6.45) is 2.73. The molecular weight excluding hydrogens is 349 g/mol. The van der Waals surface area contributed by atoms with Crippen LogP contribution in [0.3, 0.4) is 0 Å². The van der Waals surface area contributed by atoms with Crippen LogP contribution in [0.15, 0.2) is 18.2 Å². The second kappa shape index (κ2) is 7.13. The number of carbonyl (C=O) groups is 1. The molecule has 7 heteroatoms. The molecule has 1 amide bonds. The number of benzene rings is 1. The Bertz CT molecular complexity index is 773. The monoisotopic (exact) mass is 367 g/mol. The Kier molecular flexibility index (Phi) is 5.13. The van der Waals surface area contributed by atoms with Crippen LogP contribution < -0.4 is 5.32 Å². The Labute approximate surface area is 150 Å². The Morgan fingerprint density at radius 2 is 2.21 bits per heavy atom. The smallest absolute Gasteiger partial charge is 0.272 e. The van der Waals surface area contributed by atoms with Crippen molar-refractivity contribution < 1.29 is 9.53 Å². The first-order valence-electron chi connectivity index (χ1n) is 7.87. The van der Waals surface area contributed by atoms with Crippen LogP contribution in [0.25, 0.3) is 5.69 Å². The number of carbonyl (C=O) groups excluding carboxylic acids is 1. The predicted molar refractivity (Wildman–Crippen MR) is 94.4 cm³/mol. The lowest BCUT2D eigenvalue weighted by atomic mass is 10.2. The fraction of sp³-hybridized carbons (Fsp3) is 0.412. The van der Waals surface area contributed by atoms with Crippen LogP contribution in [0.4, 0.5) is 0 Å². The van der Waals surface area contributed by atoms with Gasteiger partial charge in [-0.05, 0) is 44.4 Å². The number of nitrogens with one attached hydrogen (secondary N) is 1. The molecule has 1 N–H and O–H groups in total. The van der Waals surface area contributed by atoms with E-state index in [4.69, 9.17) is 27.9 Å². The van der Waals surface area contributed by atoms with Crippen LogP contribution in [0.1, 0.15) is 35.1 Å².